The van der Waals surface area contributed by atoms with Gasteiger partial charge >= 0.3 is 0 Å². The highest BCUT2D eigenvalue weighted by molar-refractivity contribution is 6.31. The molecular formula is C20H25ClFN7. The zero-order chi connectivity index (χ0) is 20.2. The zero-order valence-corrected chi connectivity index (χ0v) is 17.1. The van der Waals surface area contributed by atoms with Crippen molar-refractivity contribution in [2.45, 2.75) is 37.8 Å². The Morgan fingerprint density at radius 3 is 2.93 bits per heavy atom. The highest BCUT2D eigenvalue weighted by Crippen LogP contribution is 2.29. The van der Waals surface area contributed by atoms with Gasteiger partial charge < -0.3 is 20.9 Å². The van der Waals surface area contributed by atoms with Crippen LogP contribution in [0.25, 0.3) is 22.4 Å². The molecular weight excluding hydrogens is 393 g/mol. The number of anilines is 1. The van der Waals surface area contributed by atoms with Crippen LogP contribution in [0.15, 0.2) is 24.7 Å². The third-order valence-corrected chi connectivity index (χ3v) is 5.51. The normalized spacial score (nSPS) is 19.6. The molecule has 1 aliphatic rings. The fourth-order valence-corrected chi connectivity index (χ4v) is 4.02. The minimum Gasteiger partial charge on any atom is -0.365 e. The van der Waals surface area contributed by atoms with E-state index in [1.54, 1.807) is 18.5 Å². The molecule has 4 N–H and O–H groups in total. The van der Waals surface area contributed by atoms with Crippen LogP contribution in [0.4, 0.5) is 10.2 Å². The summed E-state index contributed by atoms with van der Waals surface area (Å²) in [7, 11) is 1.94. The second-order valence-electron chi connectivity index (χ2n) is 7.40. The number of aromatic nitrogens is 4. The summed E-state index contributed by atoms with van der Waals surface area (Å²) in [4.78, 5) is 16.0. The van der Waals surface area contributed by atoms with Gasteiger partial charge in [-0.25, -0.2) is 19.3 Å². The number of hydrogen-bond acceptors (Lipinski definition) is 6. The molecule has 0 amide bonds. The van der Waals surface area contributed by atoms with E-state index in [9.17, 15) is 4.39 Å². The van der Waals surface area contributed by atoms with Gasteiger partial charge in [0.1, 0.15) is 5.65 Å². The molecule has 1 saturated carbocycles. The Morgan fingerprint density at radius 2 is 2.07 bits per heavy atom. The topological polar surface area (TPSA) is 90.5 Å². The molecule has 2 atom stereocenters. The second-order valence-corrected chi connectivity index (χ2v) is 7.84. The summed E-state index contributed by atoms with van der Waals surface area (Å²) in [5.41, 5.74) is 1.43. The lowest BCUT2D eigenvalue weighted by Crippen LogP contribution is -2.41. The van der Waals surface area contributed by atoms with Crippen LogP contribution in [0.3, 0.4) is 0 Å². The van der Waals surface area contributed by atoms with E-state index in [4.69, 9.17) is 11.6 Å². The first-order valence-electron chi connectivity index (χ1n) is 9.94. The van der Waals surface area contributed by atoms with E-state index in [0.717, 1.165) is 49.7 Å². The van der Waals surface area contributed by atoms with Crippen molar-refractivity contribution in [1.29, 1.82) is 0 Å². The maximum atomic E-state index is 14.4. The standard InChI is InChI=1S/C20H25ClFN7/c1-23-5-6-24-13-3-2-4-14(8-13)28-20-17(22)11-27-19(29-20)16-10-26-18-15(16)7-12(21)9-25-18/h7,9-11,13-14,23-24H,2-6,8H2,1H3,(H,25,26)(H,27,28,29). The summed E-state index contributed by atoms with van der Waals surface area (Å²) in [5, 5.41) is 11.3. The quantitative estimate of drug-likeness (QED) is 0.441. The summed E-state index contributed by atoms with van der Waals surface area (Å²) in [6, 6.07) is 2.41. The Labute approximate surface area is 173 Å². The average molecular weight is 418 g/mol. The molecule has 4 rings (SSSR count). The van der Waals surface area contributed by atoms with Crippen LogP contribution in [0, 0.1) is 5.82 Å². The molecule has 154 valence electrons. The van der Waals surface area contributed by atoms with Crippen molar-refractivity contribution < 1.29 is 4.39 Å². The van der Waals surface area contributed by atoms with Crippen molar-refractivity contribution in [3.05, 3.63) is 35.5 Å². The Hall–Kier alpha value is -2.29. The molecule has 3 heterocycles. The fraction of sp³-hybridized carbons (Fsp3) is 0.450. The van der Waals surface area contributed by atoms with E-state index in [0.29, 0.717) is 22.5 Å². The number of pyridine rings is 1. The predicted molar refractivity (Wildman–Crippen MR) is 114 cm³/mol. The number of nitrogens with one attached hydrogen (secondary N) is 4. The van der Waals surface area contributed by atoms with Gasteiger partial charge in [-0.1, -0.05) is 11.6 Å². The Kier molecular flexibility index (Phi) is 6.22. The summed E-state index contributed by atoms with van der Waals surface area (Å²) in [6.45, 7) is 1.86. The molecule has 7 nitrogen and oxygen atoms in total. The number of rotatable bonds is 7. The SMILES string of the molecule is CNCCNC1CCCC(Nc2nc(-c3c[nH]c4ncc(Cl)cc34)ncc2F)C1. The first-order chi connectivity index (χ1) is 14.1. The van der Waals surface area contributed by atoms with E-state index in [-0.39, 0.29) is 11.9 Å². The van der Waals surface area contributed by atoms with E-state index in [1.807, 2.05) is 7.05 Å². The van der Waals surface area contributed by atoms with Gasteiger partial charge in [-0.2, -0.15) is 0 Å². The molecule has 0 saturated heterocycles. The first kappa shape index (κ1) is 20.0. The van der Waals surface area contributed by atoms with Gasteiger partial charge in [0.15, 0.2) is 17.5 Å². The molecule has 0 radical (unpaired) electrons. The van der Waals surface area contributed by atoms with Crippen molar-refractivity contribution in [1.82, 2.24) is 30.6 Å². The molecule has 2 unspecified atom stereocenters. The van der Waals surface area contributed by atoms with E-state index < -0.39 is 5.82 Å². The fourth-order valence-electron chi connectivity index (χ4n) is 3.86. The number of aromatic amines is 1. The van der Waals surface area contributed by atoms with Crippen molar-refractivity contribution in [2.24, 2.45) is 0 Å². The van der Waals surface area contributed by atoms with E-state index in [2.05, 4.69) is 35.9 Å². The van der Waals surface area contributed by atoms with Gasteiger partial charge in [0.25, 0.3) is 0 Å². The molecule has 0 aliphatic heterocycles. The Bertz CT molecular complexity index is 977. The van der Waals surface area contributed by atoms with Crippen LogP contribution in [0.2, 0.25) is 5.02 Å². The molecule has 0 bridgehead atoms. The number of H-pyrrole nitrogens is 1. The highest BCUT2D eigenvalue weighted by Gasteiger charge is 2.23. The molecule has 1 fully saturated rings. The maximum absolute atomic E-state index is 14.4. The van der Waals surface area contributed by atoms with Crippen molar-refractivity contribution in [2.75, 3.05) is 25.5 Å². The van der Waals surface area contributed by atoms with Crippen LogP contribution >= 0.6 is 11.6 Å². The number of likely N-dealkylation sites (N-methyl/N-ethyl adjacent to an activating group) is 1. The van der Waals surface area contributed by atoms with Crippen molar-refractivity contribution in [3.63, 3.8) is 0 Å². The lowest BCUT2D eigenvalue weighted by atomic mass is 9.91. The minimum absolute atomic E-state index is 0.173. The molecule has 0 spiro atoms. The summed E-state index contributed by atoms with van der Waals surface area (Å²) in [6.07, 6.45) is 8.74. The van der Waals surface area contributed by atoms with Gasteiger partial charge in [-0.05, 0) is 38.8 Å². The number of fused-ring (bicyclic) bond motifs is 1. The zero-order valence-electron chi connectivity index (χ0n) is 16.3. The molecule has 9 heteroatoms. The lowest BCUT2D eigenvalue weighted by molar-refractivity contribution is 0.351. The lowest BCUT2D eigenvalue weighted by Gasteiger charge is -2.31. The molecule has 1 aliphatic carbocycles. The summed E-state index contributed by atoms with van der Waals surface area (Å²) >= 11 is 6.08. The van der Waals surface area contributed by atoms with E-state index in [1.165, 1.54) is 6.20 Å². The number of nitrogens with zero attached hydrogens (tertiary/aromatic N) is 3. The summed E-state index contributed by atoms with van der Waals surface area (Å²) in [5.74, 6) is 0.221. The minimum atomic E-state index is -0.449. The predicted octanol–water partition coefficient (Wildman–Crippen LogP) is 3.34. The van der Waals surface area contributed by atoms with E-state index >= 15 is 0 Å². The summed E-state index contributed by atoms with van der Waals surface area (Å²) < 4.78 is 14.4. The van der Waals surface area contributed by atoms with Gasteiger partial charge in [0.2, 0.25) is 0 Å². The maximum Gasteiger partial charge on any atom is 0.183 e. The molecule has 3 aromatic rings. The van der Waals surface area contributed by atoms with Crippen LogP contribution in [-0.4, -0.2) is 52.2 Å². The van der Waals surface area contributed by atoms with Crippen molar-refractivity contribution >= 4 is 28.5 Å². The third kappa shape index (κ3) is 4.66. The molecule has 3 aromatic heterocycles. The smallest absolute Gasteiger partial charge is 0.183 e. The third-order valence-electron chi connectivity index (χ3n) is 5.31. The highest BCUT2D eigenvalue weighted by atomic mass is 35.5. The van der Waals surface area contributed by atoms with Gasteiger partial charge in [-0.3, -0.25) is 0 Å². The number of hydrogen-bond donors (Lipinski definition) is 4. The van der Waals surface area contributed by atoms with Crippen molar-refractivity contribution in [3.8, 4) is 11.4 Å². The second kappa shape index (κ2) is 9.02. The Morgan fingerprint density at radius 1 is 1.21 bits per heavy atom. The van der Waals surface area contributed by atoms with Crippen LogP contribution in [0.5, 0.6) is 0 Å². The Balaban J connectivity index is 1.52. The van der Waals surface area contributed by atoms with Gasteiger partial charge in [-0.15, -0.1) is 0 Å². The number of halogens is 2. The first-order valence-corrected chi connectivity index (χ1v) is 10.3. The van der Waals surface area contributed by atoms with Crippen LogP contribution in [-0.2, 0) is 0 Å². The van der Waals surface area contributed by atoms with Gasteiger partial charge in [0, 0.05) is 48.5 Å². The largest absolute Gasteiger partial charge is 0.365 e. The van der Waals surface area contributed by atoms with Crippen LogP contribution in [0.1, 0.15) is 25.7 Å². The molecule has 0 aromatic carbocycles. The van der Waals surface area contributed by atoms with Gasteiger partial charge in [0.05, 0.1) is 11.2 Å². The molecule has 29 heavy (non-hydrogen) atoms. The monoisotopic (exact) mass is 417 g/mol. The average Bonchev–Trinajstić information content (AvgIpc) is 3.13. The van der Waals surface area contributed by atoms with Crippen LogP contribution < -0.4 is 16.0 Å².